The Balaban J connectivity index is 2.57. The second kappa shape index (κ2) is 6.75. The largest absolute Gasteiger partial charge is 0.458 e. The molecule has 0 aliphatic rings. The minimum Gasteiger partial charge on any atom is -0.458 e. The lowest BCUT2D eigenvalue weighted by atomic mass is 10.2. The second-order valence-corrected chi connectivity index (χ2v) is 5.55. The third-order valence-electron chi connectivity index (χ3n) is 2.36. The molecule has 0 aromatic heterocycles. The van der Waals surface area contributed by atoms with Crippen LogP contribution < -0.4 is 10.6 Å². The number of benzene rings is 1. The Morgan fingerprint density at radius 3 is 2.57 bits per heavy atom. The Morgan fingerprint density at radius 2 is 2.00 bits per heavy atom. The first kappa shape index (κ1) is 16.5. The summed E-state index contributed by atoms with van der Waals surface area (Å²) in [5.41, 5.74) is 0.306. The maximum atomic E-state index is 11.8. The number of nitriles is 1. The van der Waals surface area contributed by atoms with E-state index >= 15 is 0 Å². The van der Waals surface area contributed by atoms with Crippen molar-refractivity contribution in [1.29, 1.82) is 5.26 Å². The summed E-state index contributed by atoms with van der Waals surface area (Å²) in [5.74, 6) is -0.511. The third kappa shape index (κ3) is 5.95. The minimum absolute atomic E-state index is 0.438. The van der Waals surface area contributed by atoms with Crippen LogP contribution in [0.1, 0.15) is 33.3 Å². The molecular weight excluding hydrogens is 270 g/mol. The van der Waals surface area contributed by atoms with Crippen LogP contribution >= 0.6 is 0 Å². The summed E-state index contributed by atoms with van der Waals surface area (Å²) in [6, 6.07) is 7.15. The summed E-state index contributed by atoms with van der Waals surface area (Å²) in [5, 5.41) is 13.8. The molecule has 2 N–H and O–H groups in total. The average molecular weight is 289 g/mol. The summed E-state index contributed by atoms with van der Waals surface area (Å²) in [6.07, 6.45) is 0. The first-order valence-corrected chi connectivity index (χ1v) is 6.52. The van der Waals surface area contributed by atoms with Crippen molar-refractivity contribution in [3.63, 3.8) is 0 Å². The molecular formula is C15H19N3O3. The molecule has 1 aromatic rings. The number of rotatable bonds is 3. The van der Waals surface area contributed by atoms with Crippen LogP contribution in [-0.4, -0.2) is 23.6 Å². The van der Waals surface area contributed by atoms with Gasteiger partial charge in [-0.15, -0.1) is 0 Å². The number of amides is 2. The van der Waals surface area contributed by atoms with Gasteiger partial charge in [-0.3, -0.25) is 0 Å². The van der Waals surface area contributed by atoms with Gasteiger partial charge in [-0.2, -0.15) is 5.26 Å². The number of esters is 1. The molecule has 0 spiro atoms. The summed E-state index contributed by atoms with van der Waals surface area (Å²) in [4.78, 5) is 23.5. The maximum Gasteiger partial charge on any atom is 0.328 e. The number of nitrogens with one attached hydrogen (secondary N) is 2. The van der Waals surface area contributed by atoms with Crippen LogP contribution in [0.15, 0.2) is 24.3 Å². The zero-order valence-corrected chi connectivity index (χ0v) is 12.6. The summed E-state index contributed by atoms with van der Waals surface area (Å²) < 4.78 is 5.16. The zero-order chi connectivity index (χ0) is 16.0. The topological polar surface area (TPSA) is 91.2 Å². The van der Waals surface area contributed by atoms with E-state index in [1.807, 2.05) is 6.07 Å². The van der Waals surface area contributed by atoms with Crippen LogP contribution in [0.2, 0.25) is 0 Å². The van der Waals surface area contributed by atoms with Crippen LogP contribution in [0.5, 0.6) is 0 Å². The molecule has 2 amide bonds. The van der Waals surface area contributed by atoms with Gasteiger partial charge in [-0.05, 0) is 45.9 Å². The van der Waals surface area contributed by atoms with Gasteiger partial charge >= 0.3 is 12.0 Å². The van der Waals surface area contributed by atoms with Crippen molar-refractivity contribution in [2.75, 3.05) is 5.32 Å². The zero-order valence-electron chi connectivity index (χ0n) is 12.6. The SMILES string of the molecule is C[C@H](NC(=O)Nc1cccc(C#N)c1)C(=O)OC(C)(C)C. The molecule has 0 heterocycles. The van der Waals surface area contributed by atoms with Crippen molar-refractivity contribution >= 4 is 17.7 Å². The lowest BCUT2D eigenvalue weighted by Crippen LogP contribution is -2.43. The van der Waals surface area contributed by atoms with Crippen LogP contribution in [-0.2, 0) is 9.53 Å². The van der Waals surface area contributed by atoms with Gasteiger partial charge in [-0.1, -0.05) is 6.07 Å². The van der Waals surface area contributed by atoms with Gasteiger partial charge in [0.15, 0.2) is 0 Å². The Morgan fingerprint density at radius 1 is 1.33 bits per heavy atom. The van der Waals surface area contributed by atoms with Gasteiger partial charge < -0.3 is 15.4 Å². The molecule has 21 heavy (non-hydrogen) atoms. The molecule has 0 aliphatic heterocycles. The Hall–Kier alpha value is -2.55. The van der Waals surface area contributed by atoms with Crippen molar-refractivity contribution < 1.29 is 14.3 Å². The normalized spacial score (nSPS) is 12.0. The Bertz CT molecular complexity index is 570. The number of carbonyl (C=O) groups is 2. The molecule has 0 saturated carbocycles. The highest BCUT2D eigenvalue weighted by Gasteiger charge is 2.22. The molecule has 1 rings (SSSR count). The average Bonchev–Trinajstić information content (AvgIpc) is 2.36. The van der Waals surface area contributed by atoms with Gasteiger partial charge in [0.05, 0.1) is 11.6 Å². The van der Waals surface area contributed by atoms with Gasteiger partial charge in [0.1, 0.15) is 11.6 Å². The highest BCUT2D eigenvalue weighted by Crippen LogP contribution is 2.10. The highest BCUT2D eigenvalue weighted by molar-refractivity contribution is 5.92. The standard InChI is InChI=1S/C15H19N3O3/c1-10(13(19)21-15(2,3)4)17-14(20)18-12-7-5-6-11(8-12)9-16/h5-8,10H,1-4H3,(H2,17,18,20)/t10-/m0/s1. The summed E-state index contributed by atoms with van der Waals surface area (Å²) in [7, 11) is 0. The van der Waals surface area contributed by atoms with Crippen molar-refractivity contribution in [1.82, 2.24) is 5.32 Å². The van der Waals surface area contributed by atoms with Gasteiger partial charge in [0.25, 0.3) is 0 Å². The van der Waals surface area contributed by atoms with Crippen LogP contribution in [0.25, 0.3) is 0 Å². The van der Waals surface area contributed by atoms with E-state index in [1.54, 1.807) is 45.9 Å². The number of ether oxygens (including phenoxy) is 1. The fraction of sp³-hybridized carbons (Fsp3) is 0.400. The van der Waals surface area contributed by atoms with Crippen LogP contribution in [0.3, 0.4) is 0 Å². The highest BCUT2D eigenvalue weighted by atomic mass is 16.6. The molecule has 0 radical (unpaired) electrons. The lowest BCUT2D eigenvalue weighted by molar-refractivity contribution is -0.156. The molecule has 1 aromatic carbocycles. The Kier molecular flexibility index (Phi) is 5.30. The van der Waals surface area contributed by atoms with E-state index in [0.29, 0.717) is 11.3 Å². The molecule has 112 valence electrons. The minimum atomic E-state index is -0.775. The molecule has 1 atom stereocenters. The first-order chi connectivity index (χ1) is 9.71. The van der Waals surface area contributed by atoms with E-state index in [4.69, 9.17) is 10.00 Å². The van der Waals surface area contributed by atoms with Crippen LogP contribution in [0, 0.1) is 11.3 Å². The molecule has 0 aliphatic carbocycles. The van der Waals surface area contributed by atoms with Crippen LogP contribution in [0.4, 0.5) is 10.5 Å². The molecule has 0 unspecified atom stereocenters. The van der Waals surface area contributed by atoms with Crippen molar-refractivity contribution in [3.05, 3.63) is 29.8 Å². The smallest absolute Gasteiger partial charge is 0.328 e. The van der Waals surface area contributed by atoms with E-state index in [1.165, 1.54) is 6.07 Å². The van der Waals surface area contributed by atoms with Crippen molar-refractivity contribution in [3.8, 4) is 6.07 Å². The number of anilines is 1. The fourth-order valence-corrected chi connectivity index (χ4v) is 1.48. The Labute approximate surface area is 124 Å². The monoisotopic (exact) mass is 289 g/mol. The number of carbonyl (C=O) groups excluding carboxylic acids is 2. The molecule has 0 bridgehead atoms. The third-order valence-corrected chi connectivity index (χ3v) is 2.36. The molecule has 0 saturated heterocycles. The molecule has 6 heteroatoms. The van der Waals surface area contributed by atoms with Gasteiger partial charge in [0, 0.05) is 5.69 Å². The summed E-state index contributed by atoms with van der Waals surface area (Å²) in [6.45, 7) is 6.81. The van der Waals surface area contributed by atoms with Gasteiger partial charge in [0.2, 0.25) is 0 Å². The van der Waals surface area contributed by atoms with E-state index < -0.39 is 23.6 Å². The first-order valence-electron chi connectivity index (χ1n) is 6.52. The number of nitrogens with zero attached hydrogens (tertiary/aromatic N) is 1. The predicted octanol–water partition coefficient (Wildman–Crippen LogP) is 2.41. The second-order valence-electron chi connectivity index (χ2n) is 5.55. The molecule has 0 fully saturated rings. The van der Waals surface area contributed by atoms with Gasteiger partial charge in [-0.25, -0.2) is 9.59 Å². The van der Waals surface area contributed by atoms with E-state index in [9.17, 15) is 9.59 Å². The summed E-state index contributed by atoms with van der Waals surface area (Å²) >= 11 is 0. The van der Waals surface area contributed by atoms with Crippen molar-refractivity contribution in [2.45, 2.75) is 39.3 Å². The van der Waals surface area contributed by atoms with E-state index in [0.717, 1.165) is 0 Å². The van der Waals surface area contributed by atoms with E-state index in [2.05, 4.69) is 10.6 Å². The number of urea groups is 1. The lowest BCUT2D eigenvalue weighted by Gasteiger charge is -2.22. The van der Waals surface area contributed by atoms with E-state index in [-0.39, 0.29) is 0 Å². The number of hydrogen-bond donors (Lipinski definition) is 2. The number of hydrogen-bond acceptors (Lipinski definition) is 4. The fourth-order valence-electron chi connectivity index (χ4n) is 1.48. The maximum absolute atomic E-state index is 11.8. The predicted molar refractivity (Wildman–Crippen MR) is 78.6 cm³/mol. The quantitative estimate of drug-likeness (QED) is 0.836. The van der Waals surface area contributed by atoms with Crippen molar-refractivity contribution in [2.24, 2.45) is 0 Å². The molecule has 6 nitrogen and oxygen atoms in total.